The first-order valence-corrected chi connectivity index (χ1v) is 4.54. The molecule has 0 aliphatic carbocycles. The first-order valence-electron chi connectivity index (χ1n) is 4.54. The van der Waals surface area contributed by atoms with E-state index in [1.165, 1.54) is 0 Å². The van der Waals surface area contributed by atoms with Gasteiger partial charge in [-0.15, -0.1) is 0 Å². The highest BCUT2D eigenvalue weighted by Gasteiger charge is 2.07. The number of halogens is 1. The zero-order valence-corrected chi connectivity index (χ0v) is 8.26. The van der Waals surface area contributed by atoms with Gasteiger partial charge in [0.2, 0.25) is 0 Å². The smallest absolute Gasteiger partial charge is 0.134 e. The van der Waals surface area contributed by atoms with Gasteiger partial charge in [-0.2, -0.15) is 0 Å². The van der Waals surface area contributed by atoms with E-state index in [0.29, 0.717) is 16.6 Å². The molecule has 0 amide bonds. The molecule has 2 aromatic rings. The molecule has 2 aromatic carbocycles. The predicted molar refractivity (Wildman–Crippen MR) is 57.8 cm³/mol. The van der Waals surface area contributed by atoms with Gasteiger partial charge in [-0.25, -0.2) is 4.39 Å². The van der Waals surface area contributed by atoms with E-state index in [9.17, 15) is 4.39 Å². The van der Waals surface area contributed by atoms with E-state index < -0.39 is 0 Å². The predicted octanol–water partition coefficient (Wildman–Crippen LogP) is 3.18. The molecule has 0 unspecified atom stereocenters. The van der Waals surface area contributed by atoms with Gasteiger partial charge < -0.3 is 5.73 Å². The third-order valence-corrected chi connectivity index (χ3v) is 2.44. The molecule has 2 N–H and O–H groups in total. The number of anilines is 1. The molecule has 0 saturated carbocycles. The second-order valence-corrected chi connectivity index (χ2v) is 3.65. The van der Waals surface area contributed by atoms with Crippen LogP contribution in [0.2, 0.25) is 0 Å². The average Bonchev–Trinajstić information content (AvgIpc) is 2.14. The van der Waals surface area contributed by atoms with E-state index in [0.717, 1.165) is 10.9 Å². The Bertz CT molecular complexity index is 503. The van der Waals surface area contributed by atoms with Gasteiger partial charge in [0.1, 0.15) is 5.82 Å². The number of fused-ring (bicyclic) bond motifs is 1. The Morgan fingerprint density at radius 2 is 1.79 bits per heavy atom. The van der Waals surface area contributed by atoms with Crippen molar-refractivity contribution in [3.8, 4) is 0 Å². The summed E-state index contributed by atoms with van der Waals surface area (Å²) in [6, 6.07) is 7.30. The highest BCUT2D eigenvalue weighted by atomic mass is 19.1. The zero-order valence-electron chi connectivity index (χ0n) is 8.26. The van der Waals surface area contributed by atoms with Crippen molar-refractivity contribution < 1.29 is 4.39 Å². The summed E-state index contributed by atoms with van der Waals surface area (Å²) in [5.74, 6) is -0.169. The first kappa shape index (κ1) is 9.00. The van der Waals surface area contributed by atoms with Crippen molar-refractivity contribution in [3.05, 3.63) is 41.2 Å². The van der Waals surface area contributed by atoms with Gasteiger partial charge in [-0.3, -0.25) is 0 Å². The quantitative estimate of drug-likeness (QED) is 0.633. The highest BCUT2D eigenvalue weighted by molar-refractivity contribution is 5.94. The average molecular weight is 189 g/mol. The van der Waals surface area contributed by atoms with Gasteiger partial charge in [0.05, 0.1) is 0 Å². The third-order valence-electron chi connectivity index (χ3n) is 2.44. The molecule has 0 spiro atoms. The normalized spacial score (nSPS) is 10.8. The lowest BCUT2D eigenvalue weighted by Gasteiger charge is -2.07. The lowest BCUT2D eigenvalue weighted by Crippen LogP contribution is -1.93. The number of aryl methyl sites for hydroxylation is 2. The second kappa shape index (κ2) is 2.98. The topological polar surface area (TPSA) is 26.0 Å². The minimum absolute atomic E-state index is 0.169. The lowest BCUT2D eigenvalue weighted by atomic mass is 10.0. The third kappa shape index (κ3) is 1.23. The summed E-state index contributed by atoms with van der Waals surface area (Å²) in [5, 5.41) is 1.40. The lowest BCUT2D eigenvalue weighted by molar-refractivity contribution is 0.631. The molecule has 72 valence electrons. The molecule has 0 atom stereocenters. The van der Waals surface area contributed by atoms with Crippen LogP contribution in [0, 0.1) is 19.7 Å². The Labute approximate surface area is 82.3 Å². The van der Waals surface area contributed by atoms with Crippen LogP contribution in [0.4, 0.5) is 10.1 Å². The van der Waals surface area contributed by atoms with Crippen molar-refractivity contribution in [2.24, 2.45) is 0 Å². The summed E-state index contributed by atoms with van der Waals surface area (Å²) in [5.41, 5.74) is 8.09. The molecule has 2 heteroatoms. The van der Waals surface area contributed by atoms with Gasteiger partial charge in [-0.1, -0.05) is 17.7 Å². The molecule has 0 bridgehead atoms. The zero-order chi connectivity index (χ0) is 10.3. The van der Waals surface area contributed by atoms with Crippen molar-refractivity contribution in [2.45, 2.75) is 13.8 Å². The summed E-state index contributed by atoms with van der Waals surface area (Å²) in [6.45, 7) is 3.67. The molecule has 0 heterocycles. The van der Waals surface area contributed by atoms with Crippen LogP contribution in [0.25, 0.3) is 10.8 Å². The van der Waals surface area contributed by atoms with Crippen LogP contribution in [0.15, 0.2) is 24.3 Å². The molecule has 0 saturated heterocycles. The van der Waals surface area contributed by atoms with Crippen molar-refractivity contribution in [1.82, 2.24) is 0 Å². The van der Waals surface area contributed by atoms with Crippen molar-refractivity contribution >= 4 is 16.5 Å². The van der Waals surface area contributed by atoms with E-state index in [2.05, 4.69) is 0 Å². The fourth-order valence-corrected chi connectivity index (χ4v) is 1.68. The molecular formula is C12H12FN. The van der Waals surface area contributed by atoms with Gasteiger partial charge in [0.25, 0.3) is 0 Å². The van der Waals surface area contributed by atoms with Crippen LogP contribution in [0.3, 0.4) is 0 Å². The van der Waals surface area contributed by atoms with Crippen molar-refractivity contribution in [1.29, 1.82) is 0 Å². The molecule has 0 aliphatic heterocycles. The maximum atomic E-state index is 13.7. The van der Waals surface area contributed by atoms with Gasteiger partial charge in [0, 0.05) is 16.5 Å². The molecule has 0 aliphatic rings. The fraction of sp³-hybridized carbons (Fsp3) is 0.167. The Morgan fingerprint density at radius 1 is 1.07 bits per heavy atom. The van der Waals surface area contributed by atoms with Crippen LogP contribution in [-0.2, 0) is 0 Å². The number of rotatable bonds is 0. The molecule has 2 rings (SSSR count). The Morgan fingerprint density at radius 3 is 2.50 bits per heavy atom. The van der Waals surface area contributed by atoms with E-state index in [-0.39, 0.29) is 5.82 Å². The summed E-state index contributed by atoms with van der Waals surface area (Å²) in [6.07, 6.45) is 0. The summed E-state index contributed by atoms with van der Waals surface area (Å²) >= 11 is 0. The van der Waals surface area contributed by atoms with Gasteiger partial charge in [-0.05, 0) is 31.5 Å². The standard InChI is InChI=1S/C12H12FN/c1-7-3-4-9-10(5-7)12(13)8(2)6-11(9)14/h3-6H,14H2,1-2H3. The van der Waals surface area contributed by atoms with E-state index in [1.807, 2.05) is 25.1 Å². The Kier molecular flexibility index (Phi) is 1.92. The number of hydrogen-bond donors (Lipinski definition) is 1. The molecule has 0 fully saturated rings. The summed E-state index contributed by atoms with van der Waals surface area (Å²) in [4.78, 5) is 0. The minimum Gasteiger partial charge on any atom is -0.398 e. The van der Waals surface area contributed by atoms with Crippen molar-refractivity contribution in [3.63, 3.8) is 0 Å². The molecule has 0 radical (unpaired) electrons. The number of benzene rings is 2. The van der Waals surface area contributed by atoms with Crippen LogP contribution in [0.5, 0.6) is 0 Å². The van der Waals surface area contributed by atoms with Gasteiger partial charge in [0.15, 0.2) is 0 Å². The number of nitrogens with two attached hydrogens (primary N) is 1. The van der Waals surface area contributed by atoms with Gasteiger partial charge >= 0.3 is 0 Å². The maximum absolute atomic E-state index is 13.7. The number of hydrogen-bond acceptors (Lipinski definition) is 1. The summed E-state index contributed by atoms with van der Waals surface area (Å²) in [7, 11) is 0. The molecule has 14 heavy (non-hydrogen) atoms. The Hall–Kier alpha value is -1.57. The first-order chi connectivity index (χ1) is 6.59. The highest BCUT2D eigenvalue weighted by Crippen LogP contribution is 2.27. The van der Waals surface area contributed by atoms with E-state index in [4.69, 9.17) is 5.73 Å². The largest absolute Gasteiger partial charge is 0.398 e. The van der Waals surface area contributed by atoms with Crippen LogP contribution in [-0.4, -0.2) is 0 Å². The summed E-state index contributed by atoms with van der Waals surface area (Å²) < 4.78 is 13.7. The van der Waals surface area contributed by atoms with E-state index >= 15 is 0 Å². The minimum atomic E-state index is -0.169. The SMILES string of the molecule is Cc1ccc2c(N)cc(C)c(F)c2c1. The van der Waals surface area contributed by atoms with E-state index in [1.54, 1.807) is 13.0 Å². The fourth-order valence-electron chi connectivity index (χ4n) is 1.68. The number of nitrogen functional groups attached to an aromatic ring is 1. The molecule has 0 aromatic heterocycles. The second-order valence-electron chi connectivity index (χ2n) is 3.65. The van der Waals surface area contributed by atoms with Crippen LogP contribution < -0.4 is 5.73 Å². The Balaban J connectivity index is 2.95. The van der Waals surface area contributed by atoms with Crippen molar-refractivity contribution in [2.75, 3.05) is 5.73 Å². The maximum Gasteiger partial charge on any atom is 0.134 e. The van der Waals surface area contributed by atoms with Crippen LogP contribution in [0.1, 0.15) is 11.1 Å². The molecule has 1 nitrogen and oxygen atoms in total. The molecular weight excluding hydrogens is 177 g/mol. The van der Waals surface area contributed by atoms with Crippen LogP contribution >= 0.6 is 0 Å². The monoisotopic (exact) mass is 189 g/mol.